The third-order valence-electron chi connectivity index (χ3n) is 4.65. The third-order valence-corrected chi connectivity index (χ3v) is 6.14. The third kappa shape index (κ3) is 4.33. The maximum absolute atomic E-state index is 12.2. The largest absolute Gasteiger partial charge is 0.345 e. The zero-order chi connectivity index (χ0) is 21.3. The molecule has 0 N–H and O–H groups in total. The van der Waals surface area contributed by atoms with Crippen molar-refractivity contribution in [3.05, 3.63) is 87.9 Å². The first-order valence-electron chi connectivity index (χ1n) is 9.30. The molecule has 0 radical (unpaired) electrons. The molecule has 0 spiro atoms. The van der Waals surface area contributed by atoms with Gasteiger partial charge in [0.05, 0.1) is 11.0 Å². The van der Waals surface area contributed by atoms with E-state index in [9.17, 15) is 4.79 Å². The molecule has 1 aromatic heterocycles. The van der Waals surface area contributed by atoms with Crippen LogP contribution in [0.25, 0.3) is 16.7 Å². The van der Waals surface area contributed by atoms with E-state index in [-0.39, 0.29) is 5.91 Å². The Bertz CT molecular complexity index is 1200. The number of carbonyl (C=O) groups is 1. The molecule has 0 unspecified atom stereocenters. The highest BCUT2D eigenvalue weighted by molar-refractivity contribution is 7.98. The Morgan fingerprint density at radius 1 is 0.967 bits per heavy atom. The first-order valence-corrected chi connectivity index (χ1v) is 11.0. The highest BCUT2D eigenvalue weighted by Gasteiger charge is 2.15. The zero-order valence-electron chi connectivity index (χ0n) is 16.5. The van der Waals surface area contributed by atoms with Crippen molar-refractivity contribution in [3.63, 3.8) is 0 Å². The fraction of sp³-hybridized carbons (Fsp3) is 0.130. The molecule has 3 aromatic carbocycles. The lowest BCUT2D eigenvalue weighted by atomic mass is 10.2. The van der Waals surface area contributed by atoms with Crippen LogP contribution in [0.3, 0.4) is 0 Å². The topological polar surface area (TPSA) is 38.1 Å². The van der Waals surface area contributed by atoms with Crippen molar-refractivity contribution >= 4 is 51.9 Å². The summed E-state index contributed by atoms with van der Waals surface area (Å²) in [7, 11) is 3.49. The quantitative estimate of drug-likeness (QED) is 0.330. The second-order valence-corrected chi connectivity index (χ2v) is 8.84. The summed E-state index contributed by atoms with van der Waals surface area (Å²) in [6.07, 6.45) is 0. The second-order valence-electron chi connectivity index (χ2n) is 7.02. The van der Waals surface area contributed by atoms with Gasteiger partial charge in [0.1, 0.15) is 0 Å². The van der Waals surface area contributed by atoms with Crippen LogP contribution in [0.5, 0.6) is 0 Å². The smallest absolute Gasteiger partial charge is 0.253 e. The van der Waals surface area contributed by atoms with Crippen molar-refractivity contribution in [1.29, 1.82) is 0 Å². The number of halogens is 2. The van der Waals surface area contributed by atoms with Crippen molar-refractivity contribution in [1.82, 2.24) is 14.5 Å². The Morgan fingerprint density at radius 2 is 1.63 bits per heavy atom. The molecule has 0 aliphatic carbocycles. The highest BCUT2D eigenvalue weighted by atomic mass is 35.5. The Morgan fingerprint density at radius 3 is 2.30 bits per heavy atom. The SMILES string of the molecule is CN(C)C(=O)c1ccc(-n2c(SCc3ccc(Cl)cc3)nc3ccc(Cl)cc32)cc1. The van der Waals surface area contributed by atoms with Gasteiger partial charge in [0.15, 0.2) is 5.16 Å². The summed E-state index contributed by atoms with van der Waals surface area (Å²) in [5.41, 5.74) is 4.52. The van der Waals surface area contributed by atoms with Gasteiger partial charge in [-0.1, -0.05) is 47.1 Å². The molecule has 0 fully saturated rings. The maximum atomic E-state index is 12.2. The zero-order valence-corrected chi connectivity index (χ0v) is 18.8. The van der Waals surface area contributed by atoms with Crippen LogP contribution in [0.2, 0.25) is 10.0 Å². The molecular formula is C23H19Cl2N3OS. The van der Waals surface area contributed by atoms with Crippen molar-refractivity contribution in [2.45, 2.75) is 10.9 Å². The van der Waals surface area contributed by atoms with E-state index in [0.717, 1.165) is 38.2 Å². The van der Waals surface area contributed by atoms with E-state index in [2.05, 4.69) is 4.57 Å². The minimum atomic E-state index is -0.0302. The predicted octanol–water partition coefficient (Wildman–Crippen LogP) is 6.33. The van der Waals surface area contributed by atoms with Crippen LogP contribution in [0.4, 0.5) is 0 Å². The van der Waals surface area contributed by atoms with E-state index in [1.54, 1.807) is 30.8 Å². The van der Waals surface area contributed by atoms with Gasteiger partial charge in [-0.2, -0.15) is 0 Å². The Labute approximate surface area is 189 Å². The monoisotopic (exact) mass is 455 g/mol. The van der Waals surface area contributed by atoms with Gasteiger partial charge in [-0.05, 0) is 60.2 Å². The predicted molar refractivity (Wildman–Crippen MR) is 125 cm³/mol. The molecule has 7 heteroatoms. The maximum Gasteiger partial charge on any atom is 0.253 e. The number of amides is 1. The van der Waals surface area contributed by atoms with Crippen LogP contribution in [-0.4, -0.2) is 34.5 Å². The molecule has 0 bridgehead atoms. The lowest BCUT2D eigenvalue weighted by molar-refractivity contribution is 0.0827. The van der Waals surface area contributed by atoms with Crippen LogP contribution in [-0.2, 0) is 5.75 Å². The van der Waals surface area contributed by atoms with E-state index >= 15 is 0 Å². The van der Waals surface area contributed by atoms with E-state index in [1.165, 1.54) is 0 Å². The van der Waals surface area contributed by atoms with Crippen LogP contribution in [0.15, 0.2) is 71.9 Å². The van der Waals surface area contributed by atoms with Gasteiger partial charge in [0, 0.05) is 41.1 Å². The molecule has 4 rings (SSSR count). The summed E-state index contributed by atoms with van der Waals surface area (Å²) >= 11 is 13.9. The summed E-state index contributed by atoms with van der Waals surface area (Å²) in [5, 5.41) is 2.23. The number of rotatable bonds is 5. The Balaban J connectivity index is 1.73. The molecule has 1 amide bonds. The van der Waals surface area contributed by atoms with Crippen LogP contribution in [0.1, 0.15) is 15.9 Å². The number of carbonyl (C=O) groups excluding carboxylic acids is 1. The number of hydrogen-bond acceptors (Lipinski definition) is 3. The van der Waals surface area contributed by atoms with Gasteiger partial charge in [0.2, 0.25) is 0 Å². The number of benzene rings is 3. The molecule has 0 aliphatic heterocycles. The fourth-order valence-corrected chi connectivity index (χ4v) is 4.39. The lowest BCUT2D eigenvalue weighted by Crippen LogP contribution is -2.21. The van der Waals surface area contributed by atoms with E-state index < -0.39 is 0 Å². The molecule has 4 nitrogen and oxygen atoms in total. The summed E-state index contributed by atoms with van der Waals surface area (Å²) in [6.45, 7) is 0. The lowest BCUT2D eigenvalue weighted by Gasteiger charge is -2.12. The highest BCUT2D eigenvalue weighted by Crippen LogP contribution is 2.31. The molecule has 1 heterocycles. The molecule has 152 valence electrons. The van der Waals surface area contributed by atoms with Crippen molar-refractivity contribution in [2.75, 3.05) is 14.1 Å². The van der Waals surface area contributed by atoms with Gasteiger partial charge in [-0.15, -0.1) is 0 Å². The number of nitrogens with zero attached hydrogens (tertiary/aromatic N) is 3. The first kappa shape index (κ1) is 20.8. The van der Waals surface area contributed by atoms with E-state index in [4.69, 9.17) is 28.2 Å². The van der Waals surface area contributed by atoms with Crippen LogP contribution < -0.4 is 0 Å². The van der Waals surface area contributed by atoms with Crippen LogP contribution in [0, 0.1) is 0 Å². The van der Waals surface area contributed by atoms with Gasteiger partial charge in [-0.25, -0.2) is 4.98 Å². The number of fused-ring (bicyclic) bond motifs is 1. The van der Waals surface area contributed by atoms with Gasteiger partial charge in [0.25, 0.3) is 5.91 Å². The number of hydrogen-bond donors (Lipinski definition) is 0. The molecule has 0 atom stereocenters. The first-order chi connectivity index (χ1) is 14.4. The summed E-state index contributed by atoms with van der Waals surface area (Å²) in [6, 6.07) is 21.0. The van der Waals surface area contributed by atoms with E-state index in [1.807, 2.05) is 66.7 Å². The molecule has 30 heavy (non-hydrogen) atoms. The normalized spacial score (nSPS) is 11.1. The average Bonchev–Trinajstić information content (AvgIpc) is 3.10. The molecule has 0 saturated carbocycles. The Kier molecular flexibility index (Phi) is 6.04. The number of aromatic nitrogens is 2. The van der Waals surface area contributed by atoms with Crippen molar-refractivity contribution in [2.24, 2.45) is 0 Å². The number of thioether (sulfide) groups is 1. The number of imidazole rings is 1. The van der Waals surface area contributed by atoms with Crippen LogP contribution >= 0.6 is 35.0 Å². The average molecular weight is 456 g/mol. The summed E-state index contributed by atoms with van der Waals surface area (Å²) in [5.74, 6) is 0.725. The molecular weight excluding hydrogens is 437 g/mol. The molecule has 4 aromatic rings. The minimum Gasteiger partial charge on any atom is -0.345 e. The minimum absolute atomic E-state index is 0.0302. The van der Waals surface area contributed by atoms with Gasteiger partial charge >= 0.3 is 0 Å². The van der Waals surface area contributed by atoms with Gasteiger partial charge in [-0.3, -0.25) is 9.36 Å². The molecule has 0 aliphatic rings. The van der Waals surface area contributed by atoms with Crippen molar-refractivity contribution < 1.29 is 4.79 Å². The summed E-state index contributed by atoms with van der Waals surface area (Å²) < 4.78 is 2.08. The molecule has 0 saturated heterocycles. The Hall–Kier alpha value is -2.47. The fourth-order valence-electron chi connectivity index (χ4n) is 3.11. The van der Waals surface area contributed by atoms with Gasteiger partial charge < -0.3 is 4.90 Å². The summed E-state index contributed by atoms with van der Waals surface area (Å²) in [4.78, 5) is 18.6. The standard InChI is InChI=1S/C23H19Cl2N3OS/c1-27(2)22(29)16-5-10-19(11-6-16)28-21-13-18(25)9-12-20(21)26-23(28)30-14-15-3-7-17(24)8-4-15/h3-13H,14H2,1-2H3. The van der Waals surface area contributed by atoms with E-state index in [0.29, 0.717) is 10.6 Å². The van der Waals surface area contributed by atoms with Crippen molar-refractivity contribution in [3.8, 4) is 5.69 Å². The second kappa shape index (κ2) is 8.72.